The number of hydrogen-bond acceptors (Lipinski definition) is 4. The molecule has 1 aromatic carbocycles. The Morgan fingerprint density at radius 3 is 1.79 bits per heavy atom. The molecule has 0 heterocycles. The maximum Gasteiger partial charge on any atom is 0.259 e. The Morgan fingerprint density at radius 2 is 1.37 bits per heavy atom. The van der Waals surface area contributed by atoms with Crippen LogP contribution in [0.3, 0.4) is 0 Å². The van der Waals surface area contributed by atoms with Crippen molar-refractivity contribution in [2.45, 2.75) is 46.2 Å². The first-order valence-corrected chi connectivity index (χ1v) is 6.36. The number of ketones is 2. The number of rotatable bonds is 7. The van der Waals surface area contributed by atoms with Crippen LogP contribution in [0.5, 0.6) is 0 Å². The lowest BCUT2D eigenvalue weighted by Crippen LogP contribution is -2.37. The van der Waals surface area contributed by atoms with E-state index in [0.717, 1.165) is 0 Å². The molecule has 1 aromatic rings. The Hall–Kier alpha value is -1.52. The number of carbonyl (C=O) groups excluding carboxylic acids is 2. The van der Waals surface area contributed by atoms with Gasteiger partial charge < -0.3 is 9.47 Å². The second kappa shape index (κ2) is 7.16. The highest BCUT2D eigenvalue weighted by Gasteiger charge is 2.29. The van der Waals surface area contributed by atoms with E-state index in [-0.39, 0.29) is 12.2 Å². The molecule has 0 aliphatic heterocycles. The van der Waals surface area contributed by atoms with E-state index in [9.17, 15) is 9.59 Å². The van der Waals surface area contributed by atoms with Crippen LogP contribution < -0.4 is 0 Å². The van der Waals surface area contributed by atoms with Gasteiger partial charge in [0.15, 0.2) is 0 Å². The molecule has 19 heavy (non-hydrogen) atoms. The predicted octanol–water partition coefficient (Wildman–Crippen LogP) is 2.61. The molecule has 104 valence electrons. The first-order valence-electron chi connectivity index (χ1n) is 6.36. The summed E-state index contributed by atoms with van der Waals surface area (Å²) in [6.07, 6.45) is -1.54. The van der Waals surface area contributed by atoms with Crippen molar-refractivity contribution in [1.82, 2.24) is 0 Å². The lowest BCUT2D eigenvalue weighted by molar-refractivity contribution is -0.185. The van der Waals surface area contributed by atoms with Crippen LogP contribution in [0.25, 0.3) is 0 Å². The van der Waals surface area contributed by atoms with Crippen molar-refractivity contribution in [3.63, 3.8) is 0 Å². The van der Waals surface area contributed by atoms with Gasteiger partial charge in [0.2, 0.25) is 12.1 Å². The molecule has 0 amide bonds. The molecule has 0 radical (unpaired) electrons. The van der Waals surface area contributed by atoms with E-state index in [4.69, 9.17) is 9.47 Å². The van der Waals surface area contributed by atoms with Gasteiger partial charge in [0.25, 0.3) is 5.78 Å². The van der Waals surface area contributed by atoms with Crippen molar-refractivity contribution in [3.8, 4) is 0 Å². The second-order valence-electron chi connectivity index (χ2n) is 4.76. The summed E-state index contributed by atoms with van der Waals surface area (Å²) in [4.78, 5) is 24.2. The first kappa shape index (κ1) is 15.5. The number of ether oxygens (including phenoxy) is 2. The van der Waals surface area contributed by atoms with Crippen LogP contribution in [0.4, 0.5) is 0 Å². The van der Waals surface area contributed by atoms with Crippen LogP contribution in [0.2, 0.25) is 0 Å². The molecule has 0 atom stereocenters. The Kier molecular flexibility index (Phi) is 5.86. The minimum atomic E-state index is -1.15. The van der Waals surface area contributed by atoms with Gasteiger partial charge in [-0.25, -0.2) is 0 Å². The zero-order valence-electron chi connectivity index (χ0n) is 11.8. The summed E-state index contributed by atoms with van der Waals surface area (Å²) in [6, 6.07) is 8.41. The number of Topliss-reactive ketones (excluding diaryl/α,β-unsaturated/α-hetero) is 2. The van der Waals surface area contributed by atoms with Gasteiger partial charge in [-0.1, -0.05) is 30.3 Å². The standard InChI is InChI=1S/C15H20O4/c1-10(2)18-15(19-11(3)4)14(17)13(16)12-8-6-5-7-9-12/h5-11,15H,1-4H3. The molecule has 0 fully saturated rings. The third kappa shape index (κ3) is 4.93. The lowest BCUT2D eigenvalue weighted by Gasteiger charge is -2.21. The van der Waals surface area contributed by atoms with E-state index in [2.05, 4.69) is 0 Å². The van der Waals surface area contributed by atoms with Gasteiger partial charge in [-0.3, -0.25) is 9.59 Å². The number of carbonyl (C=O) groups is 2. The fourth-order valence-electron chi connectivity index (χ4n) is 1.49. The zero-order chi connectivity index (χ0) is 14.4. The summed E-state index contributed by atoms with van der Waals surface area (Å²) in [6.45, 7) is 7.15. The third-order valence-electron chi connectivity index (χ3n) is 2.27. The molecule has 0 unspecified atom stereocenters. The molecule has 0 aliphatic carbocycles. The van der Waals surface area contributed by atoms with Crippen LogP contribution in [0, 0.1) is 0 Å². The van der Waals surface area contributed by atoms with E-state index in [1.54, 1.807) is 58.0 Å². The number of hydrogen-bond donors (Lipinski definition) is 0. The Labute approximate surface area is 113 Å². The molecule has 0 bridgehead atoms. The van der Waals surface area contributed by atoms with Crippen molar-refractivity contribution >= 4 is 11.6 Å². The fraction of sp³-hybridized carbons (Fsp3) is 0.467. The maximum absolute atomic E-state index is 12.1. The van der Waals surface area contributed by atoms with Crippen molar-refractivity contribution in [3.05, 3.63) is 35.9 Å². The van der Waals surface area contributed by atoms with Gasteiger partial charge in [-0.15, -0.1) is 0 Å². The summed E-state index contributed by atoms with van der Waals surface area (Å²) in [5.41, 5.74) is 0.345. The third-order valence-corrected chi connectivity index (χ3v) is 2.27. The van der Waals surface area contributed by atoms with Gasteiger partial charge >= 0.3 is 0 Å². The summed E-state index contributed by atoms with van der Waals surface area (Å²) in [7, 11) is 0. The van der Waals surface area contributed by atoms with Gasteiger partial charge in [0, 0.05) is 5.56 Å². The van der Waals surface area contributed by atoms with Crippen molar-refractivity contribution in [2.75, 3.05) is 0 Å². The van der Waals surface area contributed by atoms with E-state index in [0.29, 0.717) is 5.56 Å². The molecule has 0 saturated carbocycles. The van der Waals surface area contributed by atoms with Crippen molar-refractivity contribution in [1.29, 1.82) is 0 Å². The summed E-state index contributed by atoms with van der Waals surface area (Å²) >= 11 is 0. The van der Waals surface area contributed by atoms with E-state index in [1.165, 1.54) is 0 Å². The average Bonchev–Trinajstić information content (AvgIpc) is 2.36. The molecular formula is C15H20O4. The maximum atomic E-state index is 12.1. The average molecular weight is 264 g/mol. The predicted molar refractivity (Wildman–Crippen MR) is 72.0 cm³/mol. The van der Waals surface area contributed by atoms with Gasteiger partial charge in [0.1, 0.15) is 0 Å². The molecular weight excluding hydrogens is 244 g/mol. The Balaban J connectivity index is 2.84. The summed E-state index contributed by atoms with van der Waals surface area (Å²) < 4.78 is 10.7. The molecule has 4 heteroatoms. The summed E-state index contributed by atoms with van der Waals surface area (Å²) in [5, 5.41) is 0. The molecule has 0 N–H and O–H groups in total. The smallest absolute Gasteiger partial charge is 0.259 e. The normalized spacial score (nSPS) is 11.3. The fourth-order valence-corrected chi connectivity index (χ4v) is 1.49. The second-order valence-corrected chi connectivity index (χ2v) is 4.76. The molecule has 0 aliphatic rings. The minimum absolute atomic E-state index is 0.198. The SMILES string of the molecule is CC(C)OC(OC(C)C)C(=O)C(=O)c1ccccc1. The lowest BCUT2D eigenvalue weighted by atomic mass is 10.1. The molecule has 4 nitrogen and oxygen atoms in total. The molecule has 0 spiro atoms. The van der Waals surface area contributed by atoms with Gasteiger partial charge in [0.05, 0.1) is 12.2 Å². The molecule has 1 rings (SSSR count). The zero-order valence-corrected chi connectivity index (χ0v) is 11.8. The van der Waals surface area contributed by atoms with E-state index >= 15 is 0 Å². The van der Waals surface area contributed by atoms with E-state index in [1.807, 2.05) is 0 Å². The highest BCUT2D eigenvalue weighted by atomic mass is 16.7. The van der Waals surface area contributed by atoms with E-state index < -0.39 is 17.9 Å². The highest BCUT2D eigenvalue weighted by Crippen LogP contribution is 2.10. The topological polar surface area (TPSA) is 52.6 Å². The van der Waals surface area contributed by atoms with Crippen molar-refractivity contribution < 1.29 is 19.1 Å². The number of benzene rings is 1. The van der Waals surface area contributed by atoms with Gasteiger partial charge in [-0.2, -0.15) is 0 Å². The van der Waals surface area contributed by atoms with Crippen LogP contribution in [0.1, 0.15) is 38.1 Å². The van der Waals surface area contributed by atoms with Gasteiger partial charge in [-0.05, 0) is 27.7 Å². The Bertz CT molecular complexity index is 413. The van der Waals surface area contributed by atoms with Crippen LogP contribution in [-0.4, -0.2) is 30.1 Å². The monoisotopic (exact) mass is 264 g/mol. The summed E-state index contributed by atoms with van der Waals surface area (Å²) in [5.74, 6) is -1.26. The quantitative estimate of drug-likeness (QED) is 0.431. The minimum Gasteiger partial charge on any atom is -0.343 e. The van der Waals surface area contributed by atoms with Crippen LogP contribution in [-0.2, 0) is 14.3 Å². The van der Waals surface area contributed by atoms with Crippen molar-refractivity contribution in [2.24, 2.45) is 0 Å². The largest absolute Gasteiger partial charge is 0.343 e. The highest BCUT2D eigenvalue weighted by molar-refractivity contribution is 6.44. The Morgan fingerprint density at radius 1 is 0.895 bits per heavy atom. The van der Waals surface area contributed by atoms with Crippen LogP contribution >= 0.6 is 0 Å². The van der Waals surface area contributed by atoms with Crippen LogP contribution in [0.15, 0.2) is 30.3 Å². The molecule has 0 aromatic heterocycles. The first-order chi connectivity index (χ1) is 8.91. The molecule has 0 saturated heterocycles.